The molecule has 4 heteroatoms. The number of primary amides is 1. The van der Waals surface area contributed by atoms with Gasteiger partial charge in [-0.3, -0.25) is 4.79 Å². The van der Waals surface area contributed by atoms with Gasteiger partial charge < -0.3 is 10.8 Å². The molecule has 1 amide bonds. The minimum Gasteiger partial charge on any atom is -0.506 e. The van der Waals surface area contributed by atoms with Gasteiger partial charge in [-0.2, -0.15) is 0 Å². The van der Waals surface area contributed by atoms with Crippen molar-refractivity contribution < 1.29 is 9.90 Å². The Morgan fingerprint density at radius 2 is 1.90 bits per heavy atom. The van der Waals surface area contributed by atoms with Crippen LogP contribution in [0.25, 0.3) is 0 Å². The number of unbranched alkanes of at least 4 members (excludes halogenated alkanes) is 5. The SMILES string of the molecule is CCCCCCCCC(C(N)=O)c1ccc(O)c(Cl)c1. The predicted octanol–water partition coefficient (Wildman–Crippen LogP) is 4.37. The first-order chi connectivity index (χ1) is 9.56. The number of nitrogens with two attached hydrogens (primary N) is 1. The van der Waals surface area contributed by atoms with Crippen LogP contribution in [0.2, 0.25) is 5.02 Å². The van der Waals surface area contributed by atoms with Crippen molar-refractivity contribution in [2.75, 3.05) is 0 Å². The zero-order valence-electron chi connectivity index (χ0n) is 12.1. The first kappa shape index (κ1) is 16.8. The van der Waals surface area contributed by atoms with Gasteiger partial charge >= 0.3 is 0 Å². The molecular weight excluding hydrogens is 274 g/mol. The molecule has 0 heterocycles. The number of hydrogen-bond donors (Lipinski definition) is 2. The van der Waals surface area contributed by atoms with E-state index in [0.717, 1.165) is 24.8 Å². The zero-order chi connectivity index (χ0) is 15.0. The summed E-state index contributed by atoms with van der Waals surface area (Å²) in [5.74, 6) is -0.627. The Bertz CT molecular complexity index is 434. The van der Waals surface area contributed by atoms with Crippen molar-refractivity contribution in [2.24, 2.45) is 5.73 Å². The molecule has 0 fully saturated rings. The normalized spacial score (nSPS) is 12.3. The smallest absolute Gasteiger partial charge is 0.224 e. The summed E-state index contributed by atoms with van der Waals surface area (Å²) in [6, 6.07) is 4.85. The van der Waals surface area contributed by atoms with Crippen LogP contribution in [0.15, 0.2) is 18.2 Å². The van der Waals surface area contributed by atoms with Crippen molar-refractivity contribution in [3.63, 3.8) is 0 Å². The molecule has 1 aromatic carbocycles. The summed E-state index contributed by atoms with van der Waals surface area (Å²) in [5.41, 5.74) is 6.26. The second kappa shape index (κ2) is 8.85. The molecule has 0 saturated carbocycles. The fraction of sp³-hybridized carbons (Fsp3) is 0.562. The van der Waals surface area contributed by atoms with E-state index in [2.05, 4.69) is 6.92 Å². The Balaban J connectivity index is 2.52. The fourth-order valence-electron chi connectivity index (χ4n) is 2.34. The highest BCUT2D eigenvalue weighted by molar-refractivity contribution is 6.32. The van der Waals surface area contributed by atoms with Gasteiger partial charge in [0.2, 0.25) is 5.91 Å². The van der Waals surface area contributed by atoms with E-state index >= 15 is 0 Å². The highest BCUT2D eigenvalue weighted by atomic mass is 35.5. The molecule has 0 aliphatic rings. The van der Waals surface area contributed by atoms with Crippen LogP contribution in [0, 0.1) is 0 Å². The maximum Gasteiger partial charge on any atom is 0.224 e. The van der Waals surface area contributed by atoms with Crippen LogP contribution in [-0.4, -0.2) is 11.0 Å². The van der Waals surface area contributed by atoms with E-state index in [1.54, 1.807) is 12.1 Å². The highest BCUT2D eigenvalue weighted by Gasteiger charge is 2.18. The van der Waals surface area contributed by atoms with Gasteiger partial charge in [0.15, 0.2) is 0 Å². The van der Waals surface area contributed by atoms with Gasteiger partial charge in [0.1, 0.15) is 5.75 Å². The van der Waals surface area contributed by atoms with Crippen LogP contribution < -0.4 is 5.73 Å². The molecular formula is C16H24ClNO2. The first-order valence-electron chi connectivity index (χ1n) is 7.34. The molecule has 0 spiro atoms. The average Bonchev–Trinajstić information content (AvgIpc) is 2.41. The number of hydrogen-bond acceptors (Lipinski definition) is 2. The van der Waals surface area contributed by atoms with Crippen LogP contribution >= 0.6 is 11.6 Å². The van der Waals surface area contributed by atoms with Gasteiger partial charge in [0.25, 0.3) is 0 Å². The van der Waals surface area contributed by atoms with Crippen LogP contribution in [0.1, 0.15) is 63.4 Å². The van der Waals surface area contributed by atoms with Gasteiger partial charge in [0.05, 0.1) is 10.9 Å². The zero-order valence-corrected chi connectivity index (χ0v) is 12.8. The Morgan fingerprint density at radius 3 is 2.50 bits per heavy atom. The maximum absolute atomic E-state index is 11.6. The number of phenols is 1. The predicted molar refractivity (Wildman–Crippen MR) is 83.0 cm³/mol. The lowest BCUT2D eigenvalue weighted by Crippen LogP contribution is -2.21. The Labute approximate surface area is 126 Å². The molecule has 3 N–H and O–H groups in total. The van der Waals surface area contributed by atoms with Crippen LogP contribution in [-0.2, 0) is 4.79 Å². The second-order valence-corrected chi connectivity index (χ2v) is 5.63. The van der Waals surface area contributed by atoms with Crippen LogP contribution in [0.3, 0.4) is 0 Å². The summed E-state index contributed by atoms with van der Waals surface area (Å²) in [6.45, 7) is 2.19. The lowest BCUT2D eigenvalue weighted by Gasteiger charge is -2.14. The molecule has 112 valence electrons. The summed E-state index contributed by atoms with van der Waals surface area (Å²) < 4.78 is 0. The van der Waals surface area contributed by atoms with Crippen molar-refractivity contribution >= 4 is 17.5 Å². The second-order valence-electron chi connectivity index (χ2n) is 5.22. The highest BCUT2D eigenvalue weighted by Crippen LogP contribution is 2.30. The van der Waals surface area contributed by atoms with E-state index in [1.807, 2.05) is 0 Å². The molecule has 1 atom stereocenters. The Morgan fingerprint density at radius 1 is 1.25 bits per heavy atom. The third-order valence-electron chi connectivity index (χ3n) is 3.56. The minimum absolute atomic E-state index is 0.0261. The Kier molecular flexibility index (Phi) is 7.45. The molecule has 0 aliphatic heterocycles. The topological polar surface area (TPSA) is 63.3 Å². The first-order valence-corrected chi connectivity index (χ1v) is 7.71. The summed E-state index contributed by atoms with van der Waals surface area (Å²) in [4.78, 5) is 11.6. The number of benzene rings is 1. The molecule has 0 radical (unpaired) electrons. The summed E-state index contributed by atoms with van der Waals surface area (Å²) in [7, 11) is 0. The number of aromatic hydroxyl groups is 1. The van der Waals surface area contributed by atoms with Crippen molar-refractivity contribution in [3.8, 4) is 5.75 Å². The average molecular weight is 298 g/mol. The molecule has 1 aromatic rings. The Hall–Kier alpha value is -1.22. The monoisotopic (exact) mass is 297 g/mol. The van der Waals surface area contributed by atoms with Gasteiger partial charge in [-0.25, -0.2) is 0 Å². The number of carbonyl (C=O) groups is 1. The lowest BCUT2D eigenvalue weighted by atomic mass is 9.92. The fourth-order valence-corrected chi connectivity index (χ4v) is 2.53. The van der Waals surface area contributed by atoms with E-state index in [1.165, 1.54) is 31.7 Å². The van der Waals surface area contributed by atoms with E-state index < -0.39 is 0 Å². The molecule has 0 bridgehead atoms. The van der Waals surface area contributed by atoms with E-state index in [0.29, 0.717) is 0 Å². The minimum atomic E-state index is -0.333. The van der Waals surface area contributed by atoms with Crippen LogP contribution in [0.4, 0.5) is 0 Å². The molecule has 1 rings (SSSR count). The third-order valence-corrected chi connectivity index (χ3v) is 3.87. The van der Waals surface area contributed by atoms with Crippen molar-refractivity contribution in [1.82, 2.24) is 0 Å². The maximum atomic E-state index is 11.6. The van der Waals surface area contributed by atoms with Gasteiger partial charge in [0, 0.05) is 0 Å². The standard InChI is InChI=1S/C16H24ClNO2/c1-2-3-4-5-6-7-8-13(16(18)20)12-9-10-15(19)14(17)11-12/h9-11,13,19H,2-8H2,1H3,(H2,18,20). The van der Waals surface area contributed by atoms with Crippen molar-refractivity contribution in [2.45, 2.75) is 57.8 Å². The molecule has 0 aliphatic carbocycles. The molecule has 0 saturated heterocycles. The molecule has 0 aromatic heterocycles. The van der Waals surface area contributed by atoms with Crippen molar-refractivity contribution in [3.05, 3.63) is 28.8 Å². The van der Waals surface area contributed by atoms with E-state index in [9.17, 15) is 9.90 Å². The van der Waals surface area contributed by atoms with Gasteiger partial charge in [-0.1, -0.05) is 63.1 Å². The van der Waals surface area contributed by atoms with Crippen LogP contribution in [0.5, 0.6) is 5.75 Å². The number of carbonyl (C=O) groups excluding carboxylic acids is 1. The summed E-state index contributed by atoms with van der Waals surface area (Å²) >= 11 is 5.88. The largest absolute Gasteiger partial charge is 0.506 e. The number of halogens is 1. The van der Waals surface area contributed by atoms with Gasteiger partial charge in [-0.05, 0) is 24.1 Å². The molecule has 3 nitrogen and oxygen atoms in total. The number of phenolic OH excluding ortho intramolecular Hbond substituents is 1. The summed E-state index contributed by atoms with van der Waals surface area (Å²) in [6.07, 6.45) is 7.80. The number of amides is 1. The van der Waals surface area contributed by atoms with E-state index in [4.69, 9.17) is 17.3 Å². The molecule has 20 heavy (non-hydrogen) atoms. The number of rotatable bonds is 9. The van der Waals surface area contributed by atoms with Crippen molar-refractivity contribution in [1.29, 1.82) is 0 Å². The van der Waals surface area contributed by atoms with E-state index in [-0.39, 0.29) is 22.6 Å². The molecule has 1 unspecified atom stereocenters. The summed E-state index contributed by atoms with van der Waals surface area (Å²) in [5, 5.41) is 9.67. The third kappa shape index (κ3) is 5.41. The lowest BCUT2D eigenvalue weighted by molar-refractivity contribution is -0.119. The quantitative estimate of drug-likeness (QED) is 0.665. The van der Waals surface area contributed by atoms with Gasteiger partial charge in [-0.15, -0.1) is 0 Å².